The van der Waals surface area contributed by atoms with E-state index in [0.717, 1.165) is 35.0 Å². The van der Waals surface area contributed by atoms with E-state index in [9.17, 15) is 0 Å². The van der Waals surface area contributed by atoms with Crippen LogP contribution < -0.4 is 14.5 Å². The average molecular weight is 571 g/mol. The third-order valence-corrected chi connectivity index (χ3v) is 9.29. The van der Waals surface area contributed by atoms with E-state index in [2.05, 4.69) is 142 Å². The Morgan fingerprint density at radius 1 is 0.614 bits per heavy atom. The molecule has 0 aliphatic carbocycles. The molecule has 4 heterocycles. The molecule has 2 aliphatic rings. The zero-order valence-corrected chi connectivity index (χ0v) is 24.6. The third-order valence-electron chi connectivity index (χ3n) is 9.29. The molecule has 0 bridgehead atoms. The predicted octanol–water partition coefficient (Wildman–Crippen LogP) is 9.86. The molecule has 44 heavy (non-hydrogen) atoms. The van der Waals surface area contributed by atoms with Gasteiger partial charge in [-0.15, -0.1) is 0 Å². The van der Waals surface area contributed by atoms with Gasteiger partial charge < -0.3 is 14.5 Å². The molecular weight excluding hydrogens is 540 g/mol. The number of pyridine rings is 1. The van der Waals surface area contributed by atoms with Crippen LogP contribution in [0.4, 0.5) is 22.7 Å². The maximum Gasteiger partial charge on any atom is 0.137 e. The van der Waals surface area contributed by atoms with Crippen molar-refractivity contribution in [2.24, 2.45) is 0 Å². The predicted molar refractivity (Wildman–Crippen MR) is 179 cm³/mol. The second-order valence-electron chi connectivity index (χ2n) is 12.1. The highest BCUT2D eigenvalue weighted by Crippen LogP contribution is 2.56. The van der Waals surface area contributed by atoms with Crippen LogP contribution in [0.25, 0.3) is 27.6 Å². The Kier molecular flexibility index (Phi) is 5.24. The highest BCUT2D eigenvalue weighted by molar-refractivity contribution is 6.09. The van der Waals surface area contributed by atoms with Gasteiger partial charge in [0.2, 0.25) is 0 Å². The molecule has 5 heteroatoms. The van der Waals surface area contributed by atoms with Crippen molar-refractivity contribution in [2.75, 3.05) is 16.5 Å². The lowest BCUT2D eigenvalue weighted by molar-refractivity contribution is 0.482. The minimum atomic E-state index is -0.148. The summed E-state index contributed by atoms with van der Waals surface area (Å²) >= 11 is 0. The highest BCUT2D eigenvalue weighted by Gasteiger charge is 2.42. The molecular formula is C39H30N4O. The molecule has 5 aromatic carbocycles. The van der Waals surface area contributed by atoms with Crippen LogP contribution in [0.5, 0.6) is 11.5 Å². The summed E-state index contributed by atoms with van der Waals surface area (Å²) in [5.41, 5.74) is 9.61. The Bertz CT molecular complexity index is 2220. The number of fused-ring (bicyclic) bond motifs is 5. The molecule has 0 spiro atoms. The van der Waals surface area contributed by atoms with Crippen LogP contribution in [0.15, 0.2) is 134 Å². The molecule has 0 atom stereocenters. The summed E-state index contributed by atoms with van der Waals surface area (Å²) in [5, 5.41) is 2.37. The summed E-state index contributed by atoms with van der Waals surface area (Å²) in [6, 6.07) is 44.8. The number of hydrogen-bond donors (Lipinski definition) is 0. The van der Waals surface area contributed by atoms with Crippen LogP contribution in [0.3, 0.4) is 0 Å². The fourth-order valence-electron chi connectivity index (χ4n) is 7.21. The first kappa shape index (κ1) is 25.0. The van der Waals surface area contributed by atoms with Gasteiger partial charge >= 0.3 is 0 Å². The van der Waals surface area contributed by atoms with E-state index in [1.54, 1.807) is 0 Å². The molecule has 0 N–H and O–H groups in total. The normalized spacial score (nSPS) is 14.6. The molecule has 2 aliphatic heterocycles. The molecule has 5 nitrogen and oxygen atoms in total. The van der Waals surface area contributed by atoms with Crippen molar-refractivity contribution in [2.45, 2.75) is 19.3 Å². The minimum absolute atomic E-state index is 0.148. The summed E-state index contributed by atoms with van der Waals surface area (Å²) in [5.74, 6) is 2.50. The first-order valence-corrected chi connectivity index (χ1v) is 15.1. The van der Waals surface area contributed by atoms with Crippen molar-refractivity contribution < 1.29 is 4.74 Å². The molecule has 9 rings (SSSR count). The van der Waals surface area contributed by atoms with E-state index in [-0.39, 0.29) is 5.41 Å². The van der Waals surface area contributed by atoms with E-state index in [1.807, 2.05) is 24.4 Å². The maximum atomic E-state index is 6.64. The molecule has 0 amide bonds. The number of para-hydroxylation sites is 3. The van der Waals surface area contributed by atoms with Gasteiger partial charge in [0.05, 0.1) is 28.1 Å². The van der Waals surface area contributed by atoms with Gasteiger partial charge in [-0.05, 0) is 65.7 Å². The van der Waals surface area contributed by atoms with Crippen molar-refractivity contribution in [3.63, 3.8) is 0 Å². The second-order valence-corrected chi connectivity index (χ2v) is 12.1. The average Bonchev–Trinajstić information content (AvgIpc) is 3.61. The summed E-state index contributed by atoms with van der Waals surface area (Å²) in [4.78, 5) is 9.53. The van der Waals surface area contributed by atoms with Crippen LogP contribution in [0.2, 0.25) is 0 Å². The summed E-state index contributed by atoms with van der Waals surface area (Å²) in [7, 11) is 0. The van der Waals surface area contributed by atoms with Gasteiger partial charge in [-0.3, -0.25) is 4.57 Å². The van der Waals surface area contributed by atoms with E-state index in [4.69, 9.17) is 4.74 Å². The van der Waals surface area contributed by atoms with Crippen molar-refractivity contribution in [1.82, 2.24) is 9.55 Å². The van der Waals surface area contributed by atoms with Gasteiger partial charge in [0.1, 0.15) is 24.0 Å². The fourth-order valence-corrected chi connectivity index (χ4v) is 7.21. The number of anilines is 4. The zero-order valence-electron chi connectivity index (χ0n) is 24.6. The van der Waals surface area contributed by atoms with Crippen molar-refractivity contribution in [3.05, 3.63) is 145 Å². The van der Waals surface area contributed by atoms with Gasteiger partial charge in [0.25, 0.3) is 0 Å². The molecule has 0 unspecified atom stereocenters. The quantitative estimate of drug-likeness (QED) is 0.211. The number of benzene rings is 5. The topological polar surface area (TPSA) is 33.5 Å². The van der Waals surface area contributed by atoms with Crippen molar-refractivity contribution in [1.29, 1.82) is 0 Å². The van der Waals surface area contributed by atoms with Crippen LogP contribution in [0, 0.1) is 0 Å². The van der Waals surface area contributed by atoms with E-state index < -0.39 is 0 Å². The molecule has 0 saturated heterocycles. The first-order chi connectivity index (χ1) is 21.6. The molecule has 7 aromatic rings. The Labute approximate surface area is 256 Å². The molecule has 0 saturated carbocycles. The lowest BCUT2D eigenvalue weighted by Crippen LogP contribution is -2.32. The van der Waals surface area contributed by atoms with Gasteiger partial charge in [-0.1, -0.05) is 74.5 Å². The maximum absolute atomic E-state index is 6.64. The number of nitrogens with zero attached hydrogens (tertiary/aromatic N) is 4. The molecule has 2 aromatic heterocycles. The van der Waals surface area contributed by atoms with Crippen LogP contribution in [0.1, 0.15) is 25.0 Å². The molecule has 0 fully saturated rings. The van der Waals surface area contributed by atoms with E-state index in [0.29, 0.717) is 0 Å². The first-order valence-electron chi connectivity index (χ1n) is 15.1. The monoisotopic (exact) mass is 570 g/mol. The Morgan fingerprint density at radius 2 is 1.39 bits per heavy atom. The van der Waals surface area contributed by atoms with Gasteiger partial charge in [-0.2, -0.15) is 0 Å². The van der Waals surface area contributed by atoms with E-state index >= 15 is 0 Å². The second kappa shape index (κ2) is 9.22. The highest BCUT2D eigenvalue weighted by atomic mass is 16.5. The van der Waals surface area contributed by atoms with Crippen LogP contribution in [-0.4, -0.2) is 16.2 Å². The lowest BCUT2D eigenvalue weighted by atomic mass is 9.73. The summed E-state index contributed by atoms with van der Waals surface area (Å²) in [6.45, 7) is 5.41. The Hall–Kier alpha value is -5.55. The third kappa shape index (κ3) is 3.56. The summed E-state index contributed by atoms with van der Waals surface area (Å²) in [6.07, 6.45) is 1.84. The minimum Gasteiger partial charge on any atom is -0.457 e. The SMILES string of the molecule is CC1(C)c2ccc(Oc3ccc4c5ccccc5n(-c5ccccn5)c4c3)cc2N2CN(c3ccccc3)c3cccc1c32. The number of rotatable bonds is 4. The Morgan fingerprint density at radius 3 is 2.25 bits per heavy atom. The van der Waals surface area contributed by atoms with Gasteiger partial charge in [0.15, 0.2) is 0 Å². The fraction of sp³-hybridized carbons (Fsp3) is 0.103. The lowest BCUT2D eigenvalue weighted by Gasteiger charge is -2.39. The van der Waals surface area contributed by atoms with Crippen molar-refractivity contribution >= 4 is 44.6 Å². The largest absolute Gasteiger partial charge is 0.457 e. The number of hydrogen-bond acceptors (Lipinski definition) is 4. The van der Waals surface area contributed by atoms with E-state index in [1.165, 1.54) is 44.6 Å². The van der Waals surface area contributed by atoms with Gasteiger partial charge in [-0.25, -0.2) is 4.98 Å². The molecule has 0 radical (unpaired) electrons. The molecule has 212 valence electrons. The van der Waals surface area contributed by atoms with Gasteiger partial charge in [0, 0.05) is 40.2 Å². The van der Waals surface area contributed by atoms with Crippen LogP contribution in [-0.2, 0) is 5.41 Å². The van der Waals surface area contributed by atoms with Crippen molar-refractivity contribution in [3.8, 4) is 17.3 Å². The summed E-state index contributed by atoms with van der Waals surface area (Å²) < 4.78 is 8.86. The standard InChI is InChI=1S/C39H30N4O/c1-39(2)31-21-19-28(24-36(31)42-25-41(26-11-4-3-5-12-26)34-16-10-14-32(39)38(34)42)44-27-18-20-30-29-13-6-7-15-33(29)43(35(30)23-27)37-17-8-9-22-40-37/h3-24H,25H2,1-2H3. The Balaban J connectivity index is 1.15. The smallest absolute Gasteiger partial charge is 0.137 e. The number of ether oxygens (including phenoxy) is 1. The van der Waals surface area contributed by atoms with Crippen LogP contribution >= 0.6 is 0 Å². The zero-order chi connectivity index (χ0) is 29.4. The number of aromatic nitrogens is 2.